The van der Waals surface area contributed by atoms with E-state index in [4.69, 9.17) is 0 Å². The number of allylic oxidation sites excluding steroid dienone is 2. The third-order valence-electron chi connectivity index (χ3n) is 8.24. The predicted molar refractivity (Wildman–Crippen MR) is 127 cm³/mol. The van der Waals surface area contributed by atoms with Crippen LogP contribution in [0.25, 0.3) is 0 Å². The molecule has 0 saturated heterocycles. The van der Waals surface area contributed by atoms with Crippen molar-refractivity contribution in [3.8, 4) is 0 Å². The molecule has 0 aromatic rings. The van der Waals surface area contributed by atoms with Gasteiger partial charge < -0.3 is 0 Å². The first-order chi connectivity index (χ1) is 13.7. The maximum Gasteiger partial charge on any atom is -0.0235 e. The van der Waals surface area contributed by atoms with E-state index in [0.717, 1.165) is 29.1 Å². The van der Waals surface area contributed by atoms with Crippen molar-refractivity contribution >= 4 is 0 Å². The van der Waals surface area contributed by atoms with Gasteiger partial charge in [0.05, 0.1) is 0 Å². The molecule has 0 N–H and O–H groups in total. The quantitative estimate of drug-likeness (QED) is 0.162. The molecule has 28 heavy (non-hydrogen) atoms. The van der Waals surface area contributed by atoms with Crippen LogP contribution >= 0.6 is 0 Å². The highest BCUT2D eigenvalue weighted by Gasteiger charge is 2.68. The normalized spacial score (nSPS) is 28.1. The van der Waals surface area contributed by atoms with Crippen LogP contribution in [0.4, 0.5) is 0 Å². The van der Waals surface area contributed by atoms with Gasteiger partial charge in [0.25, 0.3) is 0 Å². The molecule has 0 radical (unpaired) electrons. The minimum absolute atomic E-state index is 0.844. The number of hydrogen-bond acceptors (Lipinski definition) is 0. The van der Waals surface area contributed by atoms with E-state index in [1.807, 2.05) is 0 Å². The molecule has 0 amide bonds. The van der Waals surface area contributed by atoms with Crippen LogP contribution in [0.5, 0.6) is 0 Å². The topological polar surface area (TPSA) is 0 Å². The van der Waals surface area contributed by atoms with E-state index in [9.17, 15) is 0 Å². The van der Waals surface area contributed by atoms with E-state index in [1.54, 1.807) is 12.8 Å². The fourth-order valence-corrected chi connectivity index (χ4v) is 5.65. The molecule has 0 aromatic carbocycles. The van der Waals surface area contributed by atoms with E-state index >= 15 is 0 Å². The summed E-state index contributed by atoms with van der Waals surface area (Å²) in [5, 5.41) is 0. The molecule has 0 heteroatoms. The molecule has 2 fully saturated rings. The molecular formula is C28H52. The van der Waals surface area contributed by atoms with Crippen LogP contribution in [-0.2, 0) is 0 Å². The predicted octanol–water partition coefficient (Wildman–Crippen LogP) is 9.73. The van der Waals surface area contributed by atoms with Gasteiger partial charge in [-0.1, -0.05) is 104 Å². The molecule has 0 heterocycles. The Kier molecular flexibility index (Phi) is 11.3. The second kappa shape index (κ2) is 13.1. The minimum Gasteiger partial charge on any atom is -0.0882 e. The number of unbranched alkanes of at least 4 members (excludes halogenated alkanes) is 8. The highest BCUT2D eigenvalue weighted by Crippen LogP contribution is 2.77. The van der Waals surface area contributed by atoms with Crippen LogP contribution < -0.4 is 0 Å². The summed E-state index contributed by atoms with van der Waals surface area (Å²) in [6.07, 6.45) is 29.7. The summed E-state index contributed by atoms with van der Waals surface area (Å²) in [6.45, 7) is 9.49. The third-order valence-corrected chi connectivity index (χ3v) is 8.24. The van der Waals surface area contributed by atoms with Crippen LogP contribution in [0.1, 0.15) is 137 Å². The Hall–Kier alpha value is -0.260. The molecule has 0 aliphatic heterocycles. The number of hydrogen-bond donors (Lipinski definition) is 0. The van der Waals surface area contributed by atoms with Crippen LogP contribution in [0.2, 0.25) is 0 Å². The fourth-order valence-electron chi connectivity index (χ4n) is 5.65. The lowest BCUT2D eigenvalue weighted by molar-refractivity contribution is 0.448. The molecule has 0 bridgehead atoms. The standard InChI is InChI=1S/C28H52/c1-5-8-9-10-11-12-13-14-15-18-25(7-3)19-16-17-20-26-22-28(26)23-27(28)21-24(4)6-2/h16,19,24-27H,5-15,17-18,20-23H2,1-4H3. The zero-order valence-corrected chi connectivity index (χ0v) is 20.0. The van der Waals surface area contributed by atoms with Gasteiger partial charge in [0.1, 0.15) is 0 Å². The van der Waals surface area contributed by atoms with Crippen LogP contribution in [0, 0.1) is 29.1 Å². The summed E-state index contributed by atoms with van der Waals surface area (Å²) in [5.74, 6) is 3.99. The van der Waals surface area contributed by atoms with Gasteiger partial charge >= 0.3 is 0 Å². The zero-order valence-electron chi connectivity index (χ0n) is 20.0. The van der Waals surface area contributed by atoms with Gasteiger partial charge in [-0.05, 0) is 74.0 Å². The molecule has 5 unspecified atom stereocenters. The van der Waals surface area contributed by atoms with Crippen molar-refractivity contribution < 1.29 is 0 Å². The van der Waals surface area contributed by atoms with Crippen LogP contribution in [0.15, 0.2) is 12.2 Å². The third kappa shape index (κ3) is 8.23. The van der Waals surface area contributed by atoms with Gasteiger partial charge in [0.2, 0.25) is 0 Å². The van der Waals surface area contributed by atoms with Crippen molar-refractivity contribution in [2.75, 3.05) is 0 Å². The maximum absolute atomic E-state index is 2.57. The van der Waals surface area contributed by atoms with E-state index in [2.05, 4.69) is 39.8 Å². The van der Waals surface area contributed by atoms with Gasteiger partial charge in [0.15, 0.2) is 0 Å². The van der Waals surface area contributed by atoms with Gasteiger partial charge in [-0.2, -0.15) is 0 Å². The molecule has 0 nitrogen and oxygen atoms in total. The maximum atomic E-state index is 2.57. The molecule has 2 aliphatic rings. The lowest BCUT2D eigenvalue weighted by Crippen LogP contribution is -1.96. The molecule has 2 saturated carbocycles. The van der Waals surface area contributed by atoms with E-state index in [-0.39, 0.29) is 0 Å². The van der Waals surface area contributed by atoms with Crippen molar-refractivity contribution in [1.29, 1.82) is 0 Å². The van der Waals surface area contributed by atoms with Crippen molar-refractivity contribution in [2.45, 2.75) is 137 Å². The van der Waals surface area contributed by atoms with E-state index in [1.165, 1.54) is 96.3 Å². The lowest BCUT2D eigenvalue weighted by atomic mass is 9.96. The summed E-state index contributed by atoms with van der Waals surface area (Å²) < 4.78 is 0. The van der Waals surface area contributed by atoms with Crippen molar-refractivity contribution in [2.24, 2.45) is 29.1 Å². The average molecular weight is 389 g/mol. The molecule has 5 atom stereocenters. The van der Waals surface area contributed by atoms with E-state index < -0.39 is 0 Å². The first-order valence-corrected chi connectivity index (χ1v) is 13.3. The Balaban J connectivity index is 1.45. The molecule has 1 spiro atoms. The summed E-state index contributed by atoms with van der Waals surface area (Å²) >= 11 is 0. The van der Waals surface area contributed by atoms with Gasteiger partial charge in [-0.25, -0.2) is 0 Å². The van der Waals surface area contributed by atoms with Gasteiger partial charge in [0, 0.05) is 0 Å². The Morgan fingerprint density at radius 1 is 0.821 bits per heavy atom. The zero-order chi connectivity index (χ0) is 20.2. The Bertz CT molecular complexity index is 422. The molecule has 2 rings (SSSR count). The molecular weight excluding hydrogens is 336 g/mol. The lowest BCUT2D eigenvalue weighted by Gasteiger charge is -2.10. The Morgan fingerprint density at radius 2 is 1.46 bits per heavy atom. The van der Waals surface area contributed by atoms with Crippen LogP contribution in [0.3, 0.4) is 0 Å². The average Bonchev–Trinajstić information content (AvgIpc) is 3.59. The molecule has 0 aromatic heterocycles. The first-order valence-electron chi connectivity index (χ1n) is 13.3. The highest BCUT2D eigenvalue weighted by molar-refractivity contribution is 5.18. The second-order valence-corrected chi connectivity index (χ2v) is 10.6. The summed E-state index contributed by atoms with van der Waals surface area (Å²) in [4.78, 5) is 0. The van der Waals surface area contributed by atoms with E-state index in [0.29, 0.717) is 0 Å². The molecule has 164 valence electrons. The van der Waals surface area contributed by atoms with Crippen LogP contribution in [-0.4, -0.2) is 0 Å². The molecule has 2 aliphatic carbocycles. The van der Waals surface area contributed by atoms with Crippen molar-refractivity contribution in [1.82, 2.24) is 0 Å². The van der Waals surface area contributed by atoms with Crippen molar-refractivity contribution in [3.63, 3.8) is 0 Å². The van der Waals surface area contributed by atoms with Gasteiger partial charge in [-0.15, -0.1) is 0 Å². The Morgan fingerprint density at radius 3 is 2.11 bits per heavy atom. The smallest absolute Gasteiger partial charge is 0.0235 e. The Labute approximate surface area is 178 Å². The van der Waals surface area contributed by atoms with Crippen molar-refractivity contribution in [3.05, 3.63) is 12.2 Å². The summed E-state index contributed by atoms with van der Waals surface area (Å²) in [7, 11) is 0. The SMILES string of the molecule is CCCCCCCCCCCC(C=CCCC1CC12CC2CC(C)CC)CC. The summed E-state index contributed by atoms with van der Waals surface area (Å²) in [5.41, 5.74) is 0.859. The van der Waals surface area contributed by atoms with Gasteiger partial charge in [-0.3, -0.25) is 0 Å². The fraction of sp³-hybridized carbons (Fsp3) is 0.929. The second-order valence-electron chi connectivity index (χ2n) is 10.6. The highest BCUT2D eigenvalue weighted by atomic mass is 14.7. The monoisotopic (exact) mass is 388 g/mol. The largest absolute Gasteiger partial charge is 0.0882 e. The minimum atomic E-state index is 0.844. The number of rotatable bonds is 18. The summed E-state index contributed by atoms with van der Waals surface area (Å²) in [6, 6.07) is 0. The first kappa shape index (κ1) is 24.0.